The number of aliphatic hydroxyl groups excluding tert-OH is 1. The molecule has 0 saturated carbocycles. The molecule has 0 aromatic rings. The van der Waals surface area contributed by atoms with E-state index in [0.717, 1.165) is 26.6 Å². The quantitative estimate of drug-likeness (QED) is 0.316. The van der Waals surface area contributed by atoms with Gasteiger partial charge >= 0.3 is 0 Å². The van der Waals surface area contributed by atoms with Crippen molar-refractivity contribution < 1.29 is 5.11 Å². The highest BCUT2D eigenvalue weighted by Gasteiger charge is 2.07. The molecule has 0 aliphatic carbocycles. The first-order chi connectivity index (χ1) is 11.9. The lowest BCUT2D eigenvalue weighted by atomic mass is 9.97. The summed E-state index contributed by atoms with van der Waals surface area (Å²) in [5, 5.41) is 9.75. The molecule has 0 heterocycles. The summed E-state index contributed by atoms with van der Waals surface area (Å²) in [6.07, 6.45) is 18.5. The zero-order valence-corrected chi connectivity index (χ0v) is 18.4. The largest absolute Gasteiger partial charge is 0.400 e. The highest BCUT2D eigenvalue weighted by atomic mass is 32.1. The maximum atomic E-state index is 7.00. The van der Waals surface area contributed by atoms with Crippen LogP contribution < -0.4 is 5.32 Å². The third-order valence-electron chi connectivity index (χ3n) is 2.86. The Morgan fingerprint density at radius 3 is 2.08 bits per heavy atom. The molecule has 0 radical (unpaired) electrons. The van der Waals surface area contributed by atoms with E-state index in [9.17, 15) is 0 Å². The van der Waals surface area contributed by atoms with Gasteiger partial charge in [-0.3, -0.25) is 4.31 Å². The number of thiol groups is 1. The topological polar surface area (TPSA) is 35.5 Å². The van der Waals surface area contributed by atoms with Gasteiger partial charge in [-0.15, -0.1) is 12.8 Å². The summed E-state index contributed by atoms with van der Waals surface area (Å²) < 4.78 is 2.13. The van der Waals surface area contributed by atoms with Gasteiger partial charge < -0.3 is 10.4 Å². The monoisotopic (exact) mass is 370 g/mol. The Labute approximate surface area is 163 Å². The molecule has 0 unspecified atom stereocenters. The van der Waals surface area contributed by atoms with E-state index in [4.69, 9.17) is 5.11 Å². The summed E-state index contributed by atoms with van der Waals surface area (Å²) in [6, 6.07) is 0. The number of hydrogen-bond acceptors (Lipinski definition) is 4. The lowest BCUT2D eigenvalue weighted by Crippen LogP contribution is -2.20. The minimum absolute atomic E-state index is 0.680. The number of allylic oxidation sites excluding steroid dienone is 5. The normalized spacial score (nSPS) is 11.6. The second-order valence-electron chi connectivity index (χ2n) is 5.86. The van der Waals surface area contributed by atoms with Crippen molar-refractivity contribution in [1.29, 1.82) is 0 Å². The van der Waals surface area contributed by atoms with E-state index in [1.165, 1.54) is 12.0 Å². The zero-order chi connectivity index (χ0) is 20.7. The Balaban J connectivity index is -0.000000274. The van der Waals surface area contributed by atoms with Gasteiger partial charge in [-0.2, -0.15) is 0 Å². The average Bonchev–Trinajstić information content (AvgIpc) is 2.60. The van der Waals surface area contributed by atoms with Gasteiger partial charge in [-0.05, 0) is 45.7 Å². The van der Waals surface area contributed by atoms with Gasteiger partial charge in [0.25, 0.3) is 0 Å². The van der Waals surface area contributed by atoms with Crippen molar-refractivity contribution in [3.63, 3.8) is 0 Å². The van der Waals surface area contributed by atoms with Crippen LogP contribution in [0.15, 0.2) is 36.5 Å². The predicted molar refractivity (Wildman–Crippen MR) is 120 cm³/mol. The Bertz CT molecular complexity index is 336. The molecule has 4 heteroatoms. The molecule has 2 N–H and O–H groups in total. The average molecular weight is 371 g/mol. The van der Waals surface area contributed by atoms with Crippen LogP contribution in [0.4, 0.5) is 0 Å². The van der Waals surface area contributed by atoms with Crippen molar-refractivity contribution in [2.75, 3.05) is 34.3 Å². The van der Waals surface area contributed by atoms with Crippen LogP contribution in [0.1, 0.15) is 40.5 Å². The van der Waals surface area contributed by atoms with Crippen LogP contribution in [-0.4, -0.2) is 43.7 Å². The van der Waals surface area contributed by atoms with Crippen LogP contribution in [0.25, 0.3) is 0 Å². The van der Waals surface area contributed by atoms with E-state index >= 15 is 0 Å². The van der Waals surface area contributed by atoms with Crippen molar-refractivity contribution in [3.05, 3.63) is 36.5 Å². The molecule has 0 aliphatic heterocycles. The summed E-state index contributed by atoms with van der Waals surface area (Å²) in [4.78, 5) is 0. The molecule has 0 aliphatic rings. The molecule has 0 aromatic carbocycles. The molecule has 0 aromatic heterocycles. The molecule has 0 rings (SSSR count). The van der Waals surface area contributed by atoms with Gasteiger partial charge in [0.05, 0.1) is 0 Å². The molecule has 3 nitrogen and oxygen atoms in total. The zero-order valence-electron chi connectivity index (χ0n) is 17.5. The van der Waals surface area contributed by atoms with Crippen LogP contribution in [0, 0.1) is 24.7 Å². The number of terminal acetylenes is 1. The lowest BCUT2D eigenvalue weighted by molar-refractivity contribution is 0.372. The number of hydrogen-bond donors (Lipinski definition) is 3. The van der Waals surface area contributed by atoms with Gasteiger partial charge in [0.2, 0.25) is 0 Å². The van der Waals surface area contributed by atoms with Crippen molar-refractivity contribution in [2.24, 2.45) is 11.8 Å². The van der Waals surface area contributed by atoms with E-state index in [2.05, 4.69) is 81.7 Å². The maximum Gasteiger partial charge on any atom is 0.0319 e. The smallest absolute Gasteiger partial charge is 0.0319 e. The Kier molecular flexibility index (Phi) is 35.4. The van der Waals surface area contributed by atoms with Crippen molar-refractivity contribution in [1.82, 2.24) is 9.62 Å². The highest BCUT2D eigenvalue weighted by Crippen LogP contribution is 2.17. The molecule has 0 fully saturated rings. The SMILES string of the molecule is C#C.C=C/C=C\C(=C/C)C[C@H](C)CCN(S)CC(C)C.CNC.CO. The van der Waals surface area contributed by atoms with Crippen LogP contribution >= 0.6 is 12.8 Å². The van der Waals surface area contributed by atoms with Gasteiger partial charge in [-0.1, -0.05) is 70.0 Å². The summed E-state index contributed by atoms with van der Waals surface area (Å²) in [6.45, 7) is 14.7. The summed E-state index contributed by atoms with van der Waals surface area (Å²) in [5.41, 5.74) is 1.39. The van der Waals surface area contributed by atoms with E-state index < -0.39 is 0 Å². The van der Waals surface area contributed by atoms with Crippen molar-refractivity contribution in [3.8, 4) is 12.8 Å². The number of nitrogens with zero attached hydrogens (tertiary/aromatic N) is 1. The molecular formula is C21H42N2OS. The Hall–Kier alpha value is -0.990. The summed E-state index contributed by atoms with van der Waals surface area (Å²) in [7, 11) is 4.75. The van der Waals surface area contributed by atoms with Crippen LogP contribution in [0.2, 0.25) is 0 Å². The van der Waals surface area contributed by atoms with Crippen LogP contribution in [0.3, 0.4) is 0 Å². The summed E-state index contributed by atoms with van der Waals surface area (Å²) in [5.74, 6) is 1.37. The highest BCUT2D eigenvalue weighted by molar-refractivity contribution is 7.77. The van der Waals surface area contributed by atoms with Crippen molar-refractivity contribution in [2.45, 2.75) is 40.5 Å². The standard InChI is InChI=1S/C16H29NS.C2H7N.C2H2.CH4O/c1-6-8-9-16(7-2)12-15(5)10-11-17(18)13-14(3)4;1-3-2;2*1-2/h6-9,14-15,18H,1,10-13H2,2-5H3;3H,1-2H3;1-2H;2H,1H3/b9-8-,16-7+;;;/t15-;;;/m1.../s1. The minimum atomic E-state index is 0.680. The first kappa shape index (κ1) is 31.7. The number of nitrogens with one attached hydrogen (secondary N) is 1. The Morgan fingerprint density at radius 1 is 1.24 bits per heavy atom. The fourth-order valence-electron chi connectivity index (χ4n) is 1.86. The van der Waals surface area contributed by atoms with E-state index in [1.54, 1.807) is 0 Å². The second kappa shape index (κ2) is 27.8. The second-order valence-corrected chi connectivity index (χ2v) is 6.43. The first-order valence-electron chi connectivity index (χ1n) is 8.65. The van der Waals surface area contributed by atoms with Crippen LogP contribution in [0.5, 0.6) is 0 Å². The maximum absolute atomic E-state index is 7.00. The molecule has 0 bridgehead atoms. The number of aliphatic hydroxyl groups is 1. The van der Waals surface area contributed by atoms with Crippen molar-refractivity contribution >= 4 is 12.8 Å². The summed E-state index contributed by atoms with van der Waals surface area (Å²) >= 11 is 4.51. The molecule has 148 valence electrons. The molecular weight excluding hydrogens is 328 g/mol. The van der Waals surface area contributed by atoms with E-state index in [0.29, 0.717) is 11.8 Å². The molecule has 1 atom stereocenters. The van der Waals surface area contributed by atoms with Gasteiger partial charge in [0, 0.05) is 20.2 Å². The van der Waals surface area contributed by atoms with Crippen LogP contribution in [-0.2, 0) is 0 Å². The minimum Gasteiger partial charge on any atom is -0.400 e. The fraction of sp³-hybridized carbons (Fsp3) is 0.619. The fourth-order valence-corrected chi connectivity index (χ4v) is 2.30. The lowest BCUT2D eigenvalue weighted by Gasteiger charge is -2.20. The molecule has 0 saturated heterocycles. The Morgan fingerprint density at radius 2 is 1.72 bits per heavy atom. The molecule has 0 spiro atoms. The molecule has 25 heavy (non-hydrogen) atoms. The third-order valence-corrected chi connectivity index (χ3v) is 3.22. The van der Waals surface area contributed by atoms with Gasteiger partial charge in [0.15, 0.2) is 0 Å². The van der Waals surface area contributed by atoms with E-state index in [-0.39, 0.29) is 0 Å². The first-order valence-corrected chi connectivity index (χ1v) is 9.05. The van der Waals surface area contributed by atoms with E-state index in [1.807, 2.05) is 26.2 Å². The third kappa shape index (κ3) is 31.3. The number of rotatable bonds is 9. The predicted octanol–water partition coefficient (Wildman–Crippen LogP) is 4.59. The van der Waals surface area contributed by atoms with Gasteiger partial charge in [0.1, 0.15) is 0 Å². The molecule has 0 amide bonds. The van der Waals surface area contributed by atoms with Gasteiger partial charge in [-0.25, -0.2) is 0 Å².